The Morgan fingerprint density at radius 1 is 1.06 bits per heavy atom. The molecule has 0 bridgehead atoms. The number of nitrogens with zero attached hydrogens (tertiary/aromatic N) is 3. The Hall–Kier alpha value is -3.81. The average Bonchev–Trinajstić information content (AvgIpc) is 3.31. The van der Waals surface area contributed by atoms with Crippen LogP contribution in [0.5, 0.6) is 0 Å². The first-order chi connectivity index (χ1) is 15.0. The molecule has 0 fully saturated rings. The van der Waals surface area contributed by atoms with Gasteiger partial charge in [-0.2, -0.15) is 5.10 Å². The van der Waals surface area contributed by atoms with Crippen molar-refractivity contribution in [3.63, 3.8) is 0 Å². The number of amides is 3. The van der Waals surface area contributed by atoms with E-state index in [-0.39, 0.29) is 18.4 Å². The van der Waals surface area contributed by atoms with Gasteiger partial charge in [-0.3, -0.25) is 19.3 Å². The molecule has 156 valence electrons. The third-order valence-corrected chi connectivity index (χ3v) is 5.78. The minimum atomic E-state index is -0.465. The van der Waals surface area contributed by atoms with Crippen molar-refractivity contribution in [3.05, 3.63) is 82.9 Å². The molecule has 7 nitrogen and oxygen atoms in total. The second kappa shape index (κ2) is 7.46. The Kier molecular flexibility index (Phi) is 4.62. The number of fused-ring (bicyclic) bond motifs is 2. The molecule has 0 unspecified atom stereocenters. The van der Waals surface area contributed by atoms with E-state index >= 15 is 0 Å². The molecule has 5 rings (SSSR count). The van der Waals surface area contributed by atoms with E-state index in [1.165, 1.54) is 6.07 Å². The van der Waals surface area contributed by atoms with Crippen molar-refractivity contribution >= 4 is 17.7 Å². The van der Waals surface area contributed by atoms with E-state index in [4.69, 9.17) is 0 Å². The molecule has 1 aliphatic carbocycles. The Morgan fingerprint density at radius 3 is 2.45 bits per heavy atom. The summed E-state index contributed by atoms with van der Waals surface area (Å²) in [7, 11) is 0. The van der Waals surface area contributed by atoms with Gasteiger partial charge < -0.3 is 5.32 Å². The van der Waals surface area contributed by atoms with E-state index in [1.807, 2.05) is 0 Å². The van der Waals surface area contributed by atoms with E-state index in [2.05, 4.69) is 10.4 Å². The minimum Gasteiger partial charge on any atom is -0.348 e. The Morgan fingerprint density at radius 2 is 1.74 bits per heavy atom. The van der Waals surface area contributed by atoms with Crippen LogP contribution in [0.25, 0.3) is 5.69 Å². The van der Waals surface area contributed by atoms with Crippen LogP contribution in [0.2, 0.25) is 0 Å². The smallest absolute Gasteiger partial charge is 0.262 e. The fourth-order valence-corrected chi connectivity index (χ4v) is 4.30. The molecule has 0 radical (unpaired) electrons. The Bertz CT molecular complexity index is 1180. The van der Waals surface area contributed by atoms with Gasteiger partial charge >= 0.3 is 0 Å². The van der Waals surface area contributed by atoms with E-state index in [0.29, 0.717) is 29.7 Å². The zero-order valence-electron chi connectivity index (χ0n) is 16.5. The van der Waals surface area contributed by atoms with Gasteiger partial charge in [-0.1, -0.05) is 24.3 Å². The lowest BCUT2D eigenvalue weighted by atomic mass is 9.93. The van der Waals surface area contributed by atoms with Crippen LogP contribution in [0.1, 0.15) is 50.9 Å². The molecule has 1 aliphatic heterocycles. The molecule has 1 aromatic heterocycles. The highest BCUT2D eigenvalue weighted by Gasteiger charge is 2.37. The van der Waals surface area contributed by atoms with E-state index in [9.17, 15) is 18.8 Å². The monoisotopic (exact) mass is 418 g/mol. The summed E-state index contributed by atoms with van der Waals surface area (Å²) in [5.74, 6) is -1.73. The SMILES string of the molecule is O=C(CN1C(=O)c2ccccc2C1=O)N[C@@H]1CCCc2c1cnn2-c1ccccc1F. The second-order valence-electron chi connectivity index (χ2n) is 7.66. The fraction of sp³-hybridized carbons (Fsp3) is 0.217. The summed E-state index contributed by atoms with van der Waals surface area (Å²) in [5.41, 5.74) is 2.66. The van der Waals surface area contributed by atoms with Gasteiger partial charge in [0.1, 0.15) is 18.0 Å². The lowest BCUT2D eigenvalue weighted by molar-refractivity contribution is -0.122. The highest BCUT2D eigenvalue weighted by Crippen LogP contribution is 2.31. The number of aromatic nitrogens is 2. The first kappa shape index (κ1) is 19.2. The zero-order valence-corrected chi connectivity index (χ0v) is 16.5. The third kappa shape index (κ3) is 3.20. The summed E-state index contributed by atoms with van der Waals surface area (Å²) in [6.45, 7) is -0.348. The van der Waals surface area contributed by atoms with Crippen molar-refractivity contribution < 1.29 is 18.8 Å². The molecular weight excluding hydrogens is 399 g/mol. The quantitative estimate of drug-likeness (QED) is 0.661. The number of carbonyl (C=O) groups is 3. The maximum Gasteiger partial charge on any atom is 0.262 e. The van der Waals surface area contributed by atoms with Crippen LogP contribution in [-0.2, 0) is 11.2 Å². The van der Waals surface area contributed by atoms with Gasteiger partial charge in [-0.05, 0) is 43.5 Å². The summed E-state index contributed by atoms with van der Waals surface area (Å²) in [5, 5.41) is 7.26. The number of hydrogen-bond donors (Lipinski definition) is 1. The largest absolute Gasteiger partial charge is 0.348 e. The average molecular weight is 418 g/mol. The van der Waals surface area contributed by atoms with Gasteiger partial charge in [0.05, 0.1) is 23.4 Å². The number of imide groups is 1. The van der Waals surface area contributed by atoms with Crippen molar-refractivity contribution in [2.24, 2.45) is 0 Å². The number of hydrogen-bond acceptors (Lipinski definition) is 4. The van der Waals surface area contributed by atoms with E-state index < -0.39 is 17.7 Å². The van der Waals surface area contributed by atoms with Crippen LogP contribution < -0.4 is 5.32 Å². The highest BCUT2D eigenvalue weighted by molar-refractivity contribution is 6.22. The molecule has 0 saturated heterocycles. The van der Waals surface area contributed by atoms with Gasteiger partial charge in [0.2, 0.25) is 5.91 Å². The Balaban J connectivity index is 1.34. The molecular formula is C23H19FN4O3. The number of para-hydroxylation sites is 1. The van der Waals surface area contributed by atoms with Crippen LogP contribution in [0, 0.1) is 5.82 Å². The van der Waals surface area contributed by atoms with Crippen molar-refractivity contribution in [1.29, 1.82) is 0 Å². The number of rotatable bonds is 4. The molecule has 3 amide bonds. The third-order valence-electron chi connectivity index (χ3n) is 5.78. The van der Waals surface area contributed by atoms with Crippen LogP contribution in [0.4, 0.5) is 4.39 Å². The fourth-order valence-electron chi connectivity index (χ4n) is 4.30. The maximum atomic E-state index is 14.2. The van der Waals surface area contributed by atoms with E-state index in [0.717, 1.165) is 22.6 Å². The first-order valence-electron chi connectivity index (χ1n) is 10.1. The summed E-state index contributed by atoms with van der Waals surface area (Å²) in [6.07, 6.45) is 3.86. The topological polar surface area (TPSA) is 84.3 Å². The molecule has 2 heterocycles. The van der Waals surface area contributed by atoms with Crippen LogP contribution >= 0.6 is 0 Å². The first-order valence-corrected chi connectivity index (χ1v) is 10.1. The summed E-state index contributed by atoms with van der Waals surface area (Å²) in [4.78, 5) is 38.7. The highest BCUT2D eigenvalue weighted by atomic mass is 19.1. The maximum absolute atomic E-state index is 14.2. The summed E-state index contributed by atoms with van der Waals surface area (Å²) < 4.78 is 15.8. The van der Waals surface area contributed by atoms with Crippen LogP contribution in [0.3, 0.4) is 0 Å². The molecule has 2 aromatic carbocycles. The second-order valence-corrected chi connectivity index (χ2v) is 7.66. The van der Waals surface area contributed by atoms with Crippen LogP contribution in [0.15, 0.2) is 54.7 Å². The number of benzene rings is 2. The Labute approximate surface area is 177 Å². The number of carbonyl (C=O) groups excluding carboxylic acids is 3. The zero-order chi connectivity index (χ0) is 21.5. The molecule has 1 N–H and O–H groups in total. The molecule has 0 saturated carbocycles. The molecule has 0 spiro atoms. The number of halogens is 1. The molecule has 2 aliphatic rings. The lowest BCUT2D eigenvalue weighted by Gasteiger charge is -2.25. The van der Waals surface area contributed by atoms with Gasteiger partial charge in [0.25, 0.3) is 11.8 Å². The summed E-state index contributed by atoms with van der Waals surface area (Å²) >= 11 is 0. The van der Waals surface area contributed by atoms with Gasteiger partial charge in [0, 0.05) is 11.3 Å². The predicted molar refractivity (Wildman–Crippen MR) is 109 cm³/mol. The van der Waals surface area contributed by atoms with Crippen molar-refractivity contribution in [2.75, 3.05) is 6.54 Å². The molecule has 1 atom stereocenters. The van der Waals surface area contributed by atoms with Gasteiger partial charge in [-0.15, -0.1) is 0 Å². The van der Waals surface area contributed by atoms with Gasteiger partial charge in [-0.25, -0.2) is 9.07 Å². The van der Waals surface area contributed by atoms with Gasteiger partial charge in [0.15, 0.2) is 0 Å². The lowest BCUT2D eigenvalue weighted by Crippen LogP contribution is -2.42. The van der Waals surface area contributed by atoms with E-state index in [1.54, 1.807) is 53.3 Å². The molecule has 3 aromatic rings. The van der Waals surface area contributed by atoms with Crippen LogP contribution in [-0.4, -0.2) is 38.9 Å². The normalized spacial score (nSPS) is 17.5. The summed E-state index contributed by atoms with van der Waals surface area (Å²) in [6, 6.07) is 12.6. The molecule has 31 heavy (non-hydrogen) atoms. The number of nitrogens with one attached hydrogen (secondary N) is 1. The minimum absolute atomic E-state index is 0.311. The standard InChI is InChI=1S/C23H19FN4O3/c24-17-8-3-4-10-20(17)28-19-11-5-9-18(16(19)12-25-28)26-21(29)13-27-22(30)14-6-1-2-7-15(14)23(27)31/h1-4,6-8,10,12,18H,5,9,11,13H2,(H,26,29)/t18-/m1/s1. The molecule has 8 heteroatoms. The van der Waals surface area contributed by atoms with Crippen molar-refractivity contribution in [2.45, 2.75) is 25.3 Å². The van der Waals surface area contributed by atoms with Crippen molar-refractivity contribution in [1.82, 2.24) is 20.0 Å². The van der Waals surface area contributed by atoms with Crippen molar-refractivity contribution in [3.8, 4) is 5.69 Å². The predicted octanol–water partition coefficient (Wildman–Crippen LogP) is 2.80.